The van der Waals surface area contributed by atoms with Crippen molar-refractivity contribution in [3.05, 3.63) is 77.2 Å². The van der Waals surface area contributed by atoms with Crippen LogP contribution < -0.4 is 10.6 Å². The van der Waals surface area contributed by atoms with E-state index in [2.05, 4.69) is 73.3 Å². The minimum Gasteiger partial charge on any atom is -0.383 e. The van der Waals surface area contributed by atoms with Gasteiger partial charge < -0.3 is 20.1 Å². The van der Waals surface area contributed by atoms with Gasteiger partial charge in [0.25, 0.3) is 0 Å². The molecule has 2 fully saturated rings. The van der Waals surface area contributed by atoms with Crippen molar-refractivity contribution < 1.29 is 13.2 Å². The molecule has 6 rings (SSSR count). The molecule has 0 atom stereocenters. The summed E-state index contributed by atoms with van der Waals surface area (Å²) in [5.74, 6) is 0.605. The minimum atomic E-state index is -4.25. The van der Waals surface area contributed by atoms with Gasteiger partial charge in [0.2, 0.25) is 0 Å². The van der Waals surface area contributed by atoms with Gasteiger partial charge in [0.1, 0.15) is 28.7 Å². The summed E-state index contributed by atoms with van der Waals surface area (Å²) in [6, 6.07) is 11.0. The van der Waals surface area contributed by atoms with Crippen LogP contribution in [0.25, 0.3) is 21.1 Å². The number of nitriles is 1. The zero-order valence-electron chi connectivity index (χ0n) is 26.7. The quantitative estimate of drug-likeness (QED) is 0.172. The van der Waals surface area contributed by atoms with Crippen molar-refractivity contribution in [2.75, 3.05) is 38.0 Å². The van der Waals surface area contributed by atoms with E-state index >= 15 is 0 Å². The summed E-state index contributed by atoms with van der Waals surface area (Å²) in [4.78, 5) is 14.3. The van der Waals surface area contributed by atoms with Gasteiger partial charge in [-0.15, -0.1) is 11.3 Å². The van der Waals surface area contributed by atoms with Crippen LogP contribution >= 0.6 is 11.3 Å². The Balaban J connectivity index is 1.05. The van der Waals surface area contributed by atoms with Gasteiger partial charge in [-0.3, -0.25) is 4.90 Å². The molecule has 0 bridgehead atoms. The van der Waals surface area contributed by atoms with E-state index in [-0.39, 0.29) is 10.9 Å². The molecule has 0 radical (unpaired) electrons. The fourth-order valence-electron chi connectivity index (χ4n) is 6.86. The third-order valence-corrected chi connectivity index (χ3v) is 10.6. The number of nitrogens with one attached hydrogen (secondary N) is 2. The molecule has 12 heteroatoms. The minimum absolute atomic E-state index is 0.180. The fourth-order valence-corrected chi connectivity index (χ4v) is 7.89. The number of piperidine rings is 2. The summed E-state index contributed by atoms with van der Waals surface area (Å²) in [7, 11) is 0. The molecule has 0 saturated carbocycles. The standard InChI is InChI=1S/C35H41F3N8S/c1-4-23(2)42-26-7-11-44(12-8-26)15-16-46-28(20-39)17-30-24(3)25(5-6-32(30)46)21-45-13-9-27(10-14-45)43-33-31-18-29(19-35(36,37)38)47-34(31)41-22-40-33/h4-6,17-18,22,26-27,42H,1-2,7-16,19,21H2,3H3,(H,40,41,43). The second-order valence-corrected chi connectivity index (χ2v) is 13.8. The van der Waals surface area contributed by atoms with E-state index in [0.29, 0.717) is 27.8 Å². The number of nitrogens with zero attached hydrogens (tertiary/aromatic N) is 6. The molecule has 2 N–H and O–H groups in total. The van der Waals surface area contributed by atoms with Crippen LogP contribution in [0.5, 0.6) is 0 Å². The number of hydrogen-bond donors (Lipinski definition) is 2. The Morgan fingerprint density at radius 3 is 2.47 bits per heavy atom. The van der Waals surface area contributed by atoms with E-state index in [0.717, 1.165) is 99.4 Å². The zero-order chi connectivity index (χ0) is 33.1. The van der Waals surface area contributed by atoms with Crippen molar-refractivity contribution >= 4 is 38.3 Å². The highest BCUT2D eigenvalue weighted by atomic mass is 32.1. The predicted octanol–water partition coefficient (Wildman–Crippen LogP) is 6.76. The molecular weight excluding hydrogens is 622 g/mol. The molecule has 2 aliphatic heterocycles. The van der Waals surface area contributed by atoms with Gasteiger partial charge in [0.05, 0.1) is 11.8 Å². The number of aromatic nitrogens is 3. The first-order valence-electron chi connectivity index (χ1n) is 16.2. The number of rotatable bonds is 11. The van der Waals surface area contributed by atoms with Gasteiger partial charge in [0.15, 0.2) is 0 Å². The molecule has 248 valence electrons. The number of anilines is 1. The van der Waals surface area contributed by atoms with Crippen LogP contribution in [0, 0.1) is 18.3 Å². The van der Waals surface area contributed by atoms with Crippen molar-refractivity contribution in [1.29, 1.82) is 5.26 Å². The van der Waals surface area contributed by atoms with E-state index in [4.69, 9.17) is 0 Å². The van der Waals surface area contributed by atoms with Crippen molar-refractivity contribution in [1.82, 2.24) is 29.7 Å². The number of thiophene rings is 1. The molecule has 2 aliphatic rings. The monoisotopic (exact) mass is 662 g/mol. The van der Waals surface area contributed by atoms with E-state index in [1.807, 2.05) is 6.07 Å². The zero-order valence-corrected chi connectivity index (χ0v) is 27.6. The molecule has 0 aliphatic carbocycles. The van der Waals surface area contributed by atoms with E-state index in [1.165, 1.54) is 17.5 Å². The lowest BCUT2D eigenvalue weighted by atomic mass is 10.0. The number of aryl methyl sites for hydroxylation is 1. The Hall–Kier alpha value is -3.92. The summed E-state index contributed by atoms with van der Waals surface area (Å²) >= 11 is 1.07. The largest absolute Gasteiger partial charge is 0.393 e. The van der Waals surface area contributed by atoms with E-state index < -0.39 is 12.6 Å². The smallest absolute Gasteiger partial charge is 0.383 e. The first-order chi connectivity index (χ1) is 22.6. The molecule has 0 amide bonds. The Bertz CT molecular complexity index is 1790. The van der Waals surface area contributed by atoms with E-state index in [1.54, 1.807) is 12.1 Å². The molecular formula is C35H41F3N8S. The van der Waals surface area contributed by atoms with Gasteiger partial charge in [-0.05, 0) is 68.0 Å². The van der Waals surface area contributed by atoms with E-state index in [9.17, 15) is 18.4 Å². The number of halogens is 3. The Morgan fingerprint density at radius 1 is 1.04 bits per heavy atom. The number of hydrogen-bond acceptors (Lipinski definition) is 8. The molecule has 8 nitrogen and oxygen atoms in total. The molecule has 47 heavy (non-hydrogen) atoms. The van der Waals surface area contributed by atoms with Gasteiger partial charge in [-0.1, -0.05) is 19.2 Å². The average molecular weight is 663 g/mol. The lowest BCUT2D eigenvalue weighted by Crippen LogP contribution is -2.42. The molecule has 2 saturated heterocycles. The van der Waals surface area contributed by atoms with Crippen molar-refractivity contribution in [2.45, 2.75) is 70.4 Å². The number of likely N-dealkylation sites (tertiary alicyclic amines) is 2. The predicted molar refractivity (Wildman–Crippen MR) is 182 cm³/mol. The molecule has 3 aromatic heterocycles. The summed E-state index contributed by atoms with van der Waals surface area (Å²) < 4.78 is 41.0. The number of allylic oxidation sites excluding steroid dienone is 1. The summed E-state index contributed by atoms with van der Waals surface area (Å²) in [5.41, 5.74) is 5.15. The number of alkyl halides is 3. The van der Waals surface area contributed by atoms with Gasteiger partial charge in [-0.25, -0.2) is 9.97 Å². The van der Waals surface area contributed by atoms with Crippen molar-refractivity contribution in [2.24, 2.45) is 0 Å². The lowest BCUT2D eigenvalue weighted by Gasteiger charge is -2.33. The van der Waals surface area contributed by atoms with Crippen LogP contribution in [0.2, 0.25) is 0 Å². The third kappa shape index (κ3) is 7.80. The topological polar surface area (TPSA) is 85.0 Å². The molecule has 4 aromatic rings. The second kappa shape index (κ2) is 14.1. The molecule has 0 spiro atoms. The maximum Gasteiger partial charge on any atom is 0.393 e. The molecule has 1 aromatic carbocycles. The highest BCUT2D eigenvalue weighted by molar-refractivity contribution is 7.18. The average Bonchev–Trinajstić information content (AvgIpc) is 3.63. The van der Waals surface area contributed by atoms with Gasteiger partial charge >= 0.3 is 6.18 Å². The Labute approximate surface area is 277 Å². The van der Waals surface area contributed by atoms with Gasteiger partial charge in [0, 0.05) is 79.4 Å². The molecule has 5 heterocycles. The maximum atomic E-state index is 12.9. The van der Waals surface area contributed by atoms with Crippen molar-refractivity contribution in [3.63, 3.8) is 0 Å². The van der Waals surface area contributed by atoms with Crippen LogP contribution in [-0.4, -0.2) is 75.3 Å². The third-order valence-electron chi connectivity index (χ3n) is 9.52. The molecule has 0 unspecified atom stereocenters. The van der Waals surface area contributed by atoms with Gasteiger partial charge in [-0.2, -0.15) is 18.4 Å². The number of benzene rings is 1. The second-order valence-electron chi connectivity index (χ2n) is 12.7. The number of fused-ring (bicyclic) bond motifs is 2. The van der Waals surface area contributed by atoms with Crippen LogP contribution in [0.1, 0.15) is 47.4 Å². The Kier molecular flexibility index (Phi) is 9.87. The summed E-state index contributed by atoms with van der Waals surface area (Å²) in [6.45, 7) is 16.2. The van der Waals surface area contributed by atoms with Crippen LogP contribution in [0.3, 0.4) is 0 Å². The van der Waals surface area contributed by atoms with Crippen LogP contribution in [0.4, 0.5) is 19.0 Å². The Morgan fingerprint density at radius 2 is 1.77 bits per heavy atom. The van der Waals surface area contributed by atoms with Crippen LogP contribution in [0.15, 0.2) is 55.5 Å². The first-order valence-corrected chi connectivity index (χ1v) is 17.0. The summed E-state index contributed by atoms with van der Waals surface area (Å²) in [5, 5.41) is 18.7. The fraction of sp³-hybridized carbons (Fsp3) is 0.457. The van der Waals surface area contributed by atoms with Crippen molar-refractivity contribution in [3.8, 4) is 6.07 Å². The first kappa shape index (κ1) is 33.0. The highest BCUT2D eigenvalue weighted by Gasteiger charge is 2.29. The maximum absolute atomic E-state index is 12.9. The highest BCUT2D eigenvalue weighted by Crippen LogP contribution is 2.33. The van der Waals surface area contributed by atoms with Crippen LogP contribution in [-0.2, 0) is 19.5 Å². The SMILES string of the molecule is C=CC(=C)NC1CCN(CCn2c(C#N)cc3c(C)c(CN4CCC(Nc5ncnc6sc(CC(F)(F)F)cc56)CC4)ccc32)CC1. The lowest BCUT2D eigenvalue weighted by molar-refractivity contribution is -0.126. The normalized spacial score (nSPS) is 17.3. The summed E-state index contributed by atoms with van der Waals surface area (Å²) in [6.07, 6.45) is 1.90.